The number of carbonyl (C=O) groups is 4. The van der Waals surface area contributed by atoms with Gasteiger partial charge in [0.05, 0.1) is 25.9 Å². The molecule has 0 aromatic carbocycles. The van der Waals surface area contributed by atoms with Gasteiger partial charge in [-0.2, -0.15) is 0 Å². The zero-order valence-electron chi connectivity index (χ0n) is 16.9. The Labute approximate surface area is 170 Å². The highest BCUT2D eigenvalue weighted by Crippen LogP contribution is 2.02. The Hall–Kier alpha value is -2.20. The fourth-order valence-electron chi connectivity index (χ4n) is 2.15. The molecule has 29 heavy (non-hydrogen) atoms. The molecule has 0 fully saturated rings. The van der Waals surface area contributed by atoms with Crippen LogP contribution in [-0.2, 0) is 38.1 Å². The van der Waals surface area contributed by atoms with Crippen molar-refractivity contribution in [2.75, 3.05) is 33.0 Å². The molecule has 168 valence electrons. The summed E-state index contributed by atoms with van der Waals surface area (Å²) in [5.41, 5.74) is 0. The van der Waals surface area contributed by atoms with Gasteiger partial charge in [-0.25, -0.2) is 0 Å². The van der Waals surface area contributed by atoms with Crippen LogP contribution in [0, 0.1) is 0 Å². The molecule has 0 spiro atoms. The smallest absolute Gasteiger partial charge is 0.305 e. The summed E-state index contributed by atoms with van der Waals surface area (Å²) in [7, 11) is 0. The summed E-state index contributed by atoms with van der Waals surface area (Å²) < 4.78 is 20.7. The lowest BCUT2D eigenvalue weighted by Gasteiger charge is -2.13. The first-order valence-corrected chi connectivity index (χ1v) is 9.75. The number of unbranched alkanes of at least 4 members (excludes halogenated alkanes) is 2. The number of hydrogen-bond acceptors (Lipinski definition) is 8. The van der Waals surface area contributed by atoms with Gasteiger partial charge in [-0.05, 0) is 32.6 Å². The molecular weight excluding hydrogens is 388 g/mol. The number of aliphatic carboxylic acids is 2. The largest absolute Gasteiger partial charge is 0.481 e. The van der Waals surface area contributed by atoms with E-state index >= 15 is 0 Å². The molecule has 0 aromatic rings. The van der Waals surface area contributed by atoms with E-state index in [1.165, 1.54) is 0 Å². The van der Waals surface area contributed by atoms with E-state index in [0.717, 1.165) is 0 Å². The third-order valence-electron chi connectivity index (χ3n) is 3.64. The van der Waals surface area contributed by atoms with Gasteiger partial charge >= 0.3 is 23.9 Å². The Bertz CT molecular complexity index is 491. The van der Waals surface area contributed by atoms with Crippen molar-refractivity contribution in [2.45, 2.75) is 64.4 Å². The van der Waals surface area contributed by atoms with Crippen molar-refractivity contribution in [3.8, 4) is 0 Å². The number of carbonyl (C=O) groups excluding carboxylic acids is 2. The highest BCUT2D eigenvalue weighted by atomic mass is 16.6. The van der Waals surface area contributed by atoms with Crippen molar-refractivity contribution in [1.29, 1.82) is 0 Å². The summed E-state index contributed by atoms with van der Waals surface area (Å²) in [4.78, 5) is 43.5. The molecule has 0 radical (unpaired) electrons. The van der Waals surface area contributed by atoms with Crippen LogP contribution in [0.25, 0.3) is 0 Å². The van der Waals surface area contributed by atoms with Gasteiger partial charge in [-0.1, -0.05) is 0 Å². The molecule has 0 saturated heterocycles. The number of hydrogen-bond donors (Lipinski definition) is 2. The zero-order chi connectivity index (χ0) is 21.9. The van der Waals surface area contributed by atoms with Crippen molar-refractivity contribution < 1.29 is 48.3 Å². The van der Waals surface area contributed by atoms with E-state index in [-0.39, 0.29) is 70.2 Å². The SMILES string of the molecule is CC(COCCOC(=O)CCCCC(=O)O)OCCOC(=O)CCCCC(=O)O. The summed E-state index contributed by atoms with van der Waals surface area (Å²) in [6.45, 7) is 2.75. The number of rotatable bonds is 19. The van der Waals surface area contributed by atoms with Gasteiger partial charge in [0.25, 0.3) is 0 Å². The van der Waals surface area contributed by atoms with Crippen LogP contribution in [0.4, 0.5) is 0 Å². The van der Waals surface area contributed by atoms with Crippen LogP contribution in [0.15, 0.2) is 0 Å². The van der Waals surface area contributed by atoms with E-state index in [1.807, 2.05) is 0 Å². The van der Waals surface area contributed by atoms with E-state index in [4.69, 9.17) is 29.2 Å². The van der Waals surface area contributed by atoms with Crippen molar-refractivity contribution in [1.82, 2.24) is 0 Å². The molecule has 10 nitrogen and oxygen atoms in total. The Morgan fingerprint density at radius 3 is 1.62 bits per heavy atom. The topological polar surface area (TPSA) is 146 Å². The summed E-state index contributed by atoms with van der Waals surface area (Å²) in [6, 6.07) is 0. The standard InChI is InChI=1S/C19H32O10/c1-15(27-12-13-29-19(25)9-5-3-7-17(22)23)14-26-10-11-28-18(24)8-4-2-6-16(20)21/h15H,2-14H2,1H3,(H,20,21)(H,22,23). The highest BCUT2D eigenvalue weighted by molar-refractivity contribution is 5.70. The van der Waals surface area contributed by atoms with Gasteiger partial charge in [-0.3, -0.25) is 19.2 Å². The molecule has 0 aromatic heterocycles. The molecule has 0 amide bonds. The number of ether oxygens (including phenoxy) is 4. The maximum atomic E-state index is 11.4. The fraction of sp³-hybridized carbons (Fsp3) is 0.789. The van der Waals surface area contributed by atoms with Crippen LogP contribution >= 0.6 is 0 Å². The summed E-state index contributed by atoms with van der Waals surface area (Å²) in [6.07, 6.45) is 2.06. The Morgan fingerprint density at radius 2 is 1.14 bits per heavy atom. The molecule has 0 aliphatic carbocycles. The first-order valence-electron chi connectivity index (χ1n) is 9.75. The fourth-order valence-corrected chi connectivity index (χ4v) is 2.15. The molecular formula is C19H32O10. The predicted molar refractivity (Wildman–Crippen MR) is 100 cm³/mol. The Kier molecular flexibility index (Phi) is 16.5. The summed E-state index contributed by atoms with van der Waals surface area (Å²) in [5, 5.41) is 17.0. The lowest BCUT2D eigenvalue weighted by molar-refractivity contribution is -0.148. The lowest BCUT2D eigenvalue weighted by atomic mass is 10.2. The van der Waals surface area contributed by atoms with Crippen LogP contribution in [0.2, 0.25) is 0 Å². The van der Waals surface area contributed by atoms with Crippen molar-refractivity contribution in [2.24, 2.45) is 0 Å². The van der Waals surface area contributed by atoms with Crippen molar-refractivity contribution in [3.63, 3.8) is 0 Å². The quantitative estimate of drug-likeness (QED) is 0.234. The zero-order valence-corrected chi connectivity index (χ0v) is 16.9. The van der Waals surface area contributed by atoms with Gasteiger partial charge in [0.2, 0.25) is 0 Å². The first-order chi connectivity index (χ1) is 13.8. The molecule has 1 atom stereocenters. The summed E-state index contributed by atoms with van der Waals surface area (Å²) in [5.74, 6) is -2.52. The molecule has 2 N–H and O–H groups in total. The maximum Gasteiger partial charge on any atom is 0.305 e. The normalized spacial score (nSPS) is 11.6. The van der Waals surface area contributed by atoms with Crippen molar-refractivity contribution >= 4 is 23.9 Å². The first kappa shape index (κ1) is 26.8. The molecule has 0 heterocycles. The number of carboxylic acids is 2. The van der Waals surface area contributed by atoms with Gasteiger partial charge in [-0.15, -0.1) is 0 Å². The summed E-state index contributed by atoms with van der Waals surface area (Å²) >= 11 is 0. The van der Waals surface area contributed by atoms with Crippen LogP contribution in [0.1, 0.15) is 58.3 Å². The Balaban J connectivity index is 3.46. The average Bonchev–Trinajstić information content (AvgIpc) is 2.65. The highest BCUT2D eigenvalue weighted by Gasteiger charge is 2.07. The monoisotopic (exact) mass is 420 g/mol. The van der Waals surface area contributed by atoms with Gasteiger partial charge in [0.15, 0.2) is 0 Å². The predicted octanol–water partition coefficient (Wildman–Crippen LogP) is 1.78. The van der Waals surface area contributed by atoms with Gasteiger partial charge < -0.3 is 29.2 Å². The minimum absolute atomic E-state index is 0.0416. The third kappa shape index (κ3) is 20.3. The van der Waals surface area contributed by atoms with E-state index in [1.54, 1.807) is 6.92 Å². The van der Waals surface area contributed by atoms with Crippen LogP contribution < -0.4 is 0 Å². The van der Waals surface area contributed by atoms with Crippen LogP contribution in [0.5, 0.6) is 0 Å². The minimum atomic E-state index is -0.880. The second-order valence-electron chi connectivity index (χ2n) is 6.40. The van der Waals surface area contributed by atoms with E-state index in [2.05, 4.69) is 0 Å². The van der Waals surface area contributed by atoms with Gasteiger partial charge in [0, 0.05) is 25.7 Å². The minimum Gasteiger partial charge on any atom is -0.481 e. The second kappa shape index (κ2) is 17.9. The maximum absolute atomic E-state index is 11.4. The molecule has 0 saturated carbocycles. The van der Waals surface area contributed by atoms with E-state index in [0.29, 0.717) is 32.3 Å². The second-order valence-corrected chi connectivity index (χ2v) is 6.40. The molecule has 0 rings (SSSR count). The number of esters is 2. The van der Waals surface area contributed by atoms with Crippen LogP contribution in [0.3, 0.4) is 0 Å². The number of carboxylic acid groups (broad SMARTS) is 2. The Morgan fingerprint density at radius 1 is 0.690 bits per heavy atom. The lowest BCUT2D eigenvalue weighted by Crippen LogP contribution is -2.21. The molecule has 0 aliphatic rings. The molecule has 0 aliphatic heterocycles. The van der Waals surface area contributed by atoms with Gasteiger partial charge in [0.1, 0.15) is 13.2 Å². The molecule has 1 unspecified atom stereocenters. The van der Waals surface area contributed by atoms with Crippen molar-refractivity contribution in [3.05, 3.63) is 0 Å². The average molecular weight is 420 g/mol. The van der Waals surface area contributed by atoms with E-state index in [9.17, 15) is 19.2 Å². The molecule has 0 bridgehead atoms. The molecule has 10 heteroatoms. The van der Waals surface area contributed by atoms with Crippen LogP contribution in [-0.4, -0.2) is 73.2 Å². The van der Waals surface area contributed by atoms with E-state index < -0.39 is 11.9 Å². The third-order valence-corrected chi connectivity index (χ3v) is 3.64.